The first kappa shape index (κ1) is 22.0. The van der Waals surface area contributed by atoms with Gasteiger partial charge in [0, 0.05) is 16.2 Å². The largest absolute Gasteiger partial charge is 0.255 e. The lowest BCUT2D eigenvalue weighted by Crippen LogP contribution is -1.93. The average Bonchev–Trinajstić information content (AvgIpc) is 2.96. The van der Waals surface area contributed by atoms with E-state index in [1.807, 2.05) is 6.20 Å². The minimum atomic E-state index is 0.978. The van der Waals surface area contributed by atoms with E-state index in [1.54, 1.807) is 0 Å². The smallest absolute Gasteiger partial charge is 0.0715 e. The zero-order valence-corrected chi connectivity index (χ0v) is 21.6. The molecule has 0 unspecified atom stereocenters. The first-order chi connectivity index (χ1) is 18.3. The topological polar surface area (TPSA) is 12.9 Å². The van der Waals surface area contributed by atoms with Crippen LogP contribution < -0.4 is 0 Å². The molecule has 1 nitrogen and oxygen atoms in total. The molecule has 0 amide bonds. The Labute approximate surface area is 224 Å². The molecule has 0 bridgehead atoms. The molecule has 0 aliphatic carbocycles. The highest BCUT2D eigenvalue weighted by atomic mass is 79.9. The van der Waals surface area contributed by atoms with E-state index in [0.717, 1.165) is 10.2 Å². The molecule has 174 valence electrons. The number of hydrogen-bond donors (Lipinski definition) is 0. The molecule has 2 heteroatoms. The first-order valence-electron chi connectivity index (χ1n) is 12.4. The third-order valence-corrected chi connectivity index (χ3v) is 7.66. The van der Waals surface area contributed by atoms with Crippen LogP contribution in [0.15, 0.2) is 138 Å². The molecule has 1 heterocycles. The van der Waals surface area contributed by atoms with Crippen LogP contribution in [-0.2, 0) is 0 Å². The number of halogens is 1. The van der Waals surface area contributed by atoms with E-state index < -0.39 is 0 Å². The van der Waals surface area contributed by atoms with Gasteiger partial charge in [-0.05, 0) is 82.6 Å². The van der Waals surface area contributed by atoms with Gasteiger partial charge in [0.25, 0.3) is 0 Å². The van der Waals surface area contributed by atoms with Crippen LogP contribution in [-0.4, -0.2) is 4.98 Å². The molecule has 0 aliphatic heterocycles. The van der Waals surface area contributed by atoms with Gasteiger partial charge >= 0.3 is 0 Å². The molecule has 0 saturated carbocycles. The predicted molar refractivity (Wildman–Crippen MR) is 161 cm³/mol. The second-order valence-corrected chi connectivity index (χ2v) is 10.2. The average molecular weight is 536 g/mol. The standard InChI is InChI=1S/C35H22BrN/c36-24-18-21-33(37-22-24)35-30-16-8-6-14-28(30)34(29-15-7-9-17-31(29)35)32-20-19-25(23-10-2-1-3-11-23)26-12-4-5-13-27(26)32/h1-22H. The molecule has 37 heavy (non-hydrogen) atoms. The quantitative estimate of drug-likeness (QED) is 0.205. The van der Waals surface area contributed by atoms with Gasteiger partial charge in [-0.25, -0.2) is 0 Å². The van der Waals surface area contributed by atoms with Gasteiger partial charge < -0.3 is 0 Å². The van der Waals surface area contributed by atoms with Gasteiger partial charge in [0.05, 0.1) is 5.69 Å². The molecule has 0 spiro atoms. The van der Waals surface area contributed by atoms with Crippen molar-refractivity contribution in [3.05, 3.63) is 138 Å². The number of pyridine rings is 1. The Morgan fingerprint density at radius 3 is 1.46 bits per heavy atom. The maximum Gasteiger partial charge on any atom is 0.0715 e. The van der Waals surface area contributed by atoms with Crippen molar-refractivity contribution >= 4 is 48.2 Å². The molecule has 0 atom stereocenters. The summed E-state index contributed by atoms with van der Waals surface area (Å²) in [5, 5.41) is 7.41. The summed E-state index contributed by atoms with van der Waals surface area (Å²) in [7, 11) is 0. The lowest BCUT2D eigenvalue weighted by atomic mass is 9.84. The summed E-state index contributed by atoms with van der Waals surface area (Å²) in [5.41, 5.74) is 7.15. The van der Waals surface area contributed by atoms with Gasteiger partial charge in [0.2, 0.25) is 0 Å². The lowest BCUT2D eigenvalue weighted by molar-refractivity contribution is 1.32. The van der Waals surface area contributed by atoms with Gasteiger partial charge in [0.15, 0.2) is 0 Å². The fraction of sp³-hybridized carbons (Fsp3) is 0. The summed E-state index contributed by atoms with van der Waals surface area (Å²) in [6.45, 7) is 0. The van der Waals surface area contributed by atoms with Crippen molar-refractivity contribution in [2.24, 2.45) is 0 Å². The van der Waals surface area contributed by atoms with Gasteiger partial charge in [-0.15, -0.1) is 0 Å². The fourth-order valence-electron chi connectivity index (χ4n) is 5.60. The number of nitrogens with zero attached hydrogens (tertiary/aromatic N) is 1. The number of rotatable bonds is 3. The first-order valence-corrected chi connectivity index (χ1v) is 13.2. The van der Waals surface area contributed by atoms with Gasteiger partial charge in [0.1, 0.15) is 0 Å². The van der Waals surface area contributed by atoms with Crippen LogP contribution in [0.4, 0.5) is 0 Å². The Balaban J connectivity index is 1.61. The van der Waals surface area contributed by atoms with Crippen molar-refractivity contribution in [2.75, 3.05) is 0 Å². The Morgan fingerprint density at radius 1 is 0.405 bits per heavy atom. The number of aromatic nitrogens is 1. The molecule has 1 aromatic heterocycles. The van der Waals surface area contributed by atoms with Crippen LogP contribution in [0.5, 0.6) is 0 Å². The highest BCUT2D eigenvalue weighted by Crippen LogP contribution is 2.45. The molecule has 7 rings (SSSR count). The SMILES string of the molecule is Brc1ccc(-c2c3ccccc3c(-c3ccc(-c4ccccc4)c4ccccc34)c3ccccc23)nc1. The lowest BCUT2D eigenvalue weighted by Gasteiger charge is -2.19. The Hall–Kier alpha value is -4.27. The second kappa shape index (κ2) is 8.99. The minimum absolute atomic E-state index is 0.978. The van der Waals surface area contributed by atoms with E-state index >= 15 is 0 Å². The molecule has 0 radical (unpaired) electrons. The van der Waals surface area contributed by atoms with E-state index in [9.17, 15) is 0 Å². The van der Waals surface area contributed by atoms with E-state index in [2.05, 4.69) is 143 Å². The maximum absolute atomic E-state index is 4.80. The summed E-state index contributed by atoms with van der Waals surface area (Å²) in [6, 6.07) is 45.7. The van der Waals surface area contributed by atoms with Crippen molar-refractivity contribution in [3.63, 3.8) is 0 Å². The number of fused-ring (bicyclic) bond motifs is 3. The minimum Gasteiger partial charge on any atom is -0.255 e. The zero-order valence-electron chi connectivity index (χ0n) is 20.0. The van der Waals surface area contributed by atoms with Crippen LogP contribution in [0, 0.1) is 0 Å². The fourth-order valence-corrected chi connectivity index (χ4v) is 5.84. The van der Waals surface area contributed by atoms with Crippen molar-refractivity contribution in [3.8, 4) is 33.5 Å². The second-order valence-electron chi connectivity index (χ2n) is 9.28. The Kier molecular flexibility index (Phi) is 5.34. The molecule has 7 aromatic rings. The van der Waals surface area contributed by atoms with E-state index in [0.29, 0.717) is 0 Å². The monoisotopic (exact) mass is 535 g/mol. The molecule has 0 saturated heterocycles. The van der Waals surface area contributed by atoms with Crippen molar-refractivity contribution in [1.29, 1.82) is 0 Å². The van der Waals surface area contributed by atoms with Crippen LogP contribution in [0.1, 0.15) is 0 Å². The molecule has 0 fully saturated rings. The molecular weight excluding hydrogens is 514 g/mol. The molecule has 6 aromatic carbocycles. The van der Waals surface area contributed by atoms with Crippen LogP contribution in [0.2, 0.25) is 0 Å². The summed E-state index contributed by atoms with van der Waals surface area (Å²) < 4.78 is 0.978. The van der Waals surface area contributed by atoms with Crippen molar-refractivity contribution < 1.29 is 0 Å². The number of benzene rings is 6. The Bertz CT molecular complexity index is 1870. The van der Waals surface area contributed by atoms with E-state index in [-0.39, 0.29) is 0 Å². The summed E-state index contributed by atoms with van der Waals surface area (Å²) in [6.07, 6.45) is 1.88. The van der Waals surface area contributed by atoms with E-state index in [1.165, 1.54) is 60.1 Å². The zero-order chi connectivity index (χ0) is 24.8. The van der Waals surface area contributed by atoms with Gasteiger partial charge in [-0.2, -0.15) is 0 Å². The van der Waals surface area contributed by atoms with E-state index in [4.69, 9.17) is 4.98 Å². The predicted octanol–water partition coefficient (Wildman–Crippen LogP) is 10.3. The third kappa shape index (κ3) is 3.64. The highest BCUT2D eigenvalue weighted by Gasteiger charge is 2.19. The molecule has 0 aliphatic rings. The third-order valence-electron chi connectivity index (χ3n) is 7.19. The Morgan fingerprint density at radius 2 is 0.892 bits per heavy atom. The van der Waals surface area contributed by atoms with Crippen LogP contribution in [0.25, 0.3) is 65.8 Å². The summed E-state index contributed by atoms with van der Waals surface area (Å²) >= 11 is 3.54. The van der Waals surface area contributed by atoms with Crippen molar-refractivity contribution in [2.45, 2.75) is 0 Å². The summed E-state index contributed by atoms with van der Waals surface area (Å²) in [4.78, 5) is 4.80. The molecular formula is C35H22BrN. The van der Waals surface area contributed by atoms with Gasteiger partial charge in [-0.3, -0.25) is 4.98 Å². The van der Waals surface area contributed by atoms with Crippen LogP contribution >= 0.6 is 15.9 Å². The van der Waals surface area contributed by atoms with Crippen LogP contribution in [0.3, 0.4) is 0 Å². The summed E-state index contributed by atoms with van der Waals surface area (Å²) in [5.74, 6) is 0. The van der Waals surface area contributed by atoms with Gasteiger partial charge in [-0.1, -0.05) is 115 Å². The van der Waals surface area contributed by atoms with Crippen molar-refractivity contribution in [1.82, 2.24) is 4.98 Å². The molecule has 0 N–H and O–H groups in total. The highest BCUT2D eigenvalue weighted by molar-refractivity contribution is 9.10. The maximum atomic E-state index is 4.80. The number of hydrogen-bond acceptors (Lipinski definition) is 1. The normalized spacial score (nSPS) is 11.4.